The van der Waals surface area contributed by atoms with Gasteiger partial charge in [0.05, 0.1) is 23.3 Å². The van der Waals surface area contributed by atoms with Crippen LogP contribution in [0.3, 0.4) is 0 Å². The minimum absolute atomic E-state index is 0.411. The van der Waals surface area contributed by atoms with Crippen molar-refractivity contribution in [3.8, 4) is 6.07 Å². The molecule has 2 aromatic heterocycles. The molecule has 0 fully saturated rings. The van der Waals surface area contributed by atoms with Gasteiger partial charge >= 0.3 is 0 Å². The Kier molecular flexibility index (Phi) is 2.56. The maximum atomic E-state index is 8.62. The van der Waals surface area contributed by atoms with E-state index in [-0.39, 0.29) is 0 Å². The number of rotatable bonds is 2. The van der Waals surface area contributed by atoms with E-state index < -0.39 is 0 Å². The summed E-state index contributed by atoms with van der Waals surface area (Å²) in [5.74, 6) is 0. The van der Waals surface area contributed by atoms with E-state index in [1.54, 1.807) is 16.9 Å². The molecular formula is C11H11N5. The lowest BCUT2D eigenvalue weighted by molar-refractivity contribution is 0.756. The van der Waals surface area contributed by atoms with E-state index in [0.29, 0.717) is 5.69 Å². The molecule has 0 atom stereocenters. The molecule has 0 saturated heterocycles. The van der Waals surface area contributed by atoms with Crippen LogP contribution in [0.1, 0.15) is 11.4 Å². The van der Waals surface area contributed by atoms with Gasteiger partial charge in [0.2, 0.25) is 0 Å². The Hall–Kier alpha value is -2.35. The van der Waals surface area contributed by atoms with Crippen molar-refractivity contribution < 1.29 is 0 Å². The van der Waals surface area contributed by atoms with Gasteiger partial charge in [-0.15, -0.1) is 0 Å². The number of aromatic nitrogens is 3. The van der Waals surface area contributed by atoms with Gasteiger partial charge in [-0.2, -0.15) is 10.4 Å². The molecule has 0 unspecified atom stereocenters. The molecule has 5 heteroatoms. The van der Waals surface area contributed by atoms with Crippen LogP contribution in [0.25, 0.3) is 0 Å². The molecule has 0 bridgehead atoms. The Morgan fingerprint density at radius 2 is 2.25 bits per heavy atom. The number of nitriles is 1. The predicted molar refractivity (Wildman–Crippen MR) is 60.2 cm³/mol. The largest absolute Gasteiger partial charge is 0.351 e. The molecule has 2 aromatic rings. The summed E-state index contributed by atoms with van der Waals surface area (Å²) in [7, 11) is 1.87. The van der Waals surface area contributed by atoms with E-state index in [1.165, 1.54) is 0 Å². The minimum atomic E-state index is 0.411. The fraction of sp³-hybridized carbons (Fsp3) is 0.182. The molecule has 2 rings (SSSR count). The fourth-order valence-electron chi connectivity index (χ4n) is 1.41. The van der Waals surface area contributed by atoms with Gasteiger partial charge in [-0.25, -0.2) is 4.98 Å². The Balaban J connectivity index is 2.21. The second kappa shape index (κ2) is 4.03. The number of anilines is 2. The van der Waals surface area contributed by atoms with Crippen LogP contribution in [0.15, 0.2) is 24.5 Å². The van der Waals surface area contributed by atoms with Crippen LogP contribution in [0.2, 0.25) is 0 Å². The standard InChI is InChI=1S/C11H11N5/c1-8-11(7-16(2)15-8)14-10-4-3-9(5-12)13-6-10/h3-4,6-7,14H,1-2H3. The average molecular weight is 213 g/mol. The van der Waals surface area contributed by atoms with E-state index in [0.717, 1.165) is 17.1 Å². The van der Waals surface area contributed by atoms with Crippen molar-refractivity contribution >= 4 is 11.4 Å². The molecule has 80 valence electrons. The zero-order valence-electron chi connectivity index (χ0n) is 9.10. The van der Waals surface area contributed by atoms with Crippen LogP contribution < -0.4 is 5.32 Å². The second-order valence-electron chi connectivity index (χ2n) is 3.47. The van der Waals surface area contributed by atoms with E-state index in [4.69, 9.17) is 5.26 Å². The van der Waals surface area contributed by atoms with Crippen molar-refractivity contribution in [1.82, 2.24) is 14.8 Å². The third-order valence-corrected chi connectivity index (χ3v) is 2.17. The van der Waals surface area contributed by atoms with E-state index in [1.807, 2.05) is 32.3 Å². The monoisotopic (exact) mass is 213 g/mol. The summed E-state index contributed by atoms with van der Waals surface area (Å²) < 4.78 is 1.74. The number of hydrogen-bond acceptors (Lipinski definition) is 4. The molecule has 0 spiro atoms. The lowest BCUT2D eigenvalue weighted by atomic mass is 10.3. The molecule has 0 aliphatic carbocycles. The molecule has 0 aliphatic rings. The van der Waals surface area contributed by atoms with Gasteiger partial charge in [0.15, 0.2) is 0 Å². The number of nitrogens with one attached hydrogen (secondary N) is 1. The van der Waals surface area contributed by atoms with Crippen LogP contribution >= 0.6 is 0 Å². The molecule has 16 heavy (non-hydrogen) atoms. The highest BCUT2D eigenvalue weighted by Crippen LogP contribution is 2.18. The van der Waals surface area contributed by atoms with Gasteiger partial charge in [-0.3, -0.25) is 4.68 Å². The SMILES string of the molecule is Cc1nn(C)cc1Nc1ccc(C#N)nc1. The van der Waals surface area contributed by atoms with Gasteiger partial charge in [-0.1, -0.05) is 0 Å². The van der Waals surface area contributed by atoms with E-state index >= 15 is 0 Å². The zero-order chi connectivity index (χ0) is 11.5. The number of hydrogen-bond donors (Lipinski definition) is 1. The van der Waals surface area contributed by atoms with Crippen LogP contribution in [-0.4, -0.2) is 14.8 Å². The number of nitrogens with zero attached hydrogens (tertiary/aromatic N) is 4. The lowest BCUT2D eigenvalue weighted by Gasteiger charge is -2.03. The van der Waals surface area contributed by atoms with E-state index in [2.05, 4.69) is 15.4 Å². The molecular weight excluding hydrogens is 202 g/mol. The average Bonchev–Trinajstić information content (AvgIpc) is 2.59. The topological polar surface area (TPSA) is 66.5 Å². The molecule has 0 radical (unpaired) electrons. The Morgan fingerprint density at radius 1 is 1.44 bits per heavy atom. The third-order valence-electron chi connectivity index (χ3n) is 2.17. The maximum absolute atomic E-state index is 8.62. The Bertz CT molecular complexity index is 532. The lowest BCUT2D eigenvalue weighted by Crippen LogP contribution is -1.92. The molecule has 1 N–H and O–H groups in total. The highest BCUT2D eigenvalue weighted by molar-refractivity contribution is 5.60. The first-order valence-electron chi connectivity index (χ1n) is 4.82. The first-order chi connectivity index (χ1) is 7.69. The second-order valence-corrected chi connectivity index (χ2v) is 3.47. The molecule has 2 heterocycles. The van der Waals surface area contributed by atoms with Crippen molar-refractivity contribution in [2.75, 3.05) is 5.32 Å². The Labute approximate surface area is 93.4 Å². The van der Waals surface area contributed by atoms with E-state index in [9.17, 15) is 0 Å². The highest BCUT2D eigenvalue weighted by atomic mass is 15.3. The Morgan fingerprint density at radius 3 is 2.75 bits per heavy atom. The minimum Gasteiger partial charge on any atom is -0.351 e. The molecule has 0 aromatic carbocycles. The summed E-state index contributed by atoms with van der Waals surface area (Å²) in [4.78, 5) is 3.98. The number of aryl methyl sites for hydroxylation is 2. The van der Waals surface area contributed by atoms with Crippen molar-refractivity contribution in [1.29, 1.82) is 5.26 Å². The summed E-state index contributed by atoms with van der Waals surface area (Å²) in [6.07, 6.45) is 3.53. The first-order valence-corrected chi connectivity index (χ1v) is 4.82. The van der Waals surface area contributed by atoms with Crippen molar-refractivity contribution in [3.05, 3.63) is 35.9 Å². The molecule has 0 amide bonds. The summed E-state index contributed by atoms with van der Waals surface area (Å²) in [5.41, 5.74) is 3.12. The van der Waals surface area contributed by atoms with Gasteiger partial charge in [0.25, 0.3) is 0 Å². The third kappa shape index (κ3) is 2.01. The van der Waals surface area contributed by atoms with Crippen LogP contribution in [0, 0.1) is 18.3 Å². The van der Waals surface area contributed by atoms with Crippen molar-refractivity contribution in [3.63, 3.8) is 0 Å². The fourth-order valence-corrected chi connectivity index (χ4v) is 1.41. The van der Waals surface area contributed by atoms with Crippen LogP contribution in [-0.2, 0) is 7.05 Å². The quantitative estimate of drug-likeness (QED) is 0.825. The van der Waals surface area contributed by atoms with Gasteiger partial charge in [0, 0.05) is 13.2 Å². The summed E-state index contributed by atoms with van der Waals surface area (Å²) in [6.45, 7) is 1.93. The van der Waals surface area contributed by atoms with Gasteiger partial charge in [0.1, 0.15) is 11.8 Å². The summed E-state index contributed by atoms with van der Waals surface area (Å²) in [6, 6.07) is 5.47. The van der Waals surface area contributed by atoms with Gasteiger partial charge < -0.3 is 5.32 Å². The zero-order valence-corrected chi connectivity index (χ0v) is 9.10. The summed E-state index contributed by atoms with van der Waals surface area (Å²) in [5, 5.41) is 16.0. The highest BCUT2D eigenvalue weighted by Gasteiger charge is 2.03. The van der Waals surface area contributed by atoms with Crippen molar-refractivity contribution in [2.24, 2.45) is 7.05 Å². The summed E-state index contributed by atoms with van der Waals surface area (Å²) >= 11 is 0. The van der Waals surface area contributed by atoms with Crippen LogP contribution in [0.5, 0.6) is 0 Å². The number of pyridine rings is 1. The first kappa shape index (κ1) is 10.2. The molecule has 0 saturated carbocycles. The maximum Gasteiger partial charge on any atom is 0.140 e. The normalized spacial score (nSPS) is 9.81. The van der Waals surface area contributed by atoms with Crippen LogP contribution in [0.4, 0.5) is 11.4 Å². The van der Waals surface area contributed by atoms with Crippen molar-refractivity contribution in [2.45, 2.75) is 6.92 Å². The van der Waals surface area contributed by atoms with Gasteiger partial charge in [-0.05, 0) is 19.1 Å². The molecule has 0 aliphatic heterocycles. The molecule has 5 nitrogen and oxygen atoms in total. The predicted octanol–water partition coefficient (Wildman–Crippen LogP) is 1.74. The smallest absolute Gasteiger partial charge is 0.140 e.